The number of rotatable bonds is 4. The lowest BCUT2D eigenvalue weighted by Crippen LogP contribution is -2.08. The van der Waals surface area contributed by atoms with Crippen molar-refractivity contribution in [2.24, 2.45) is 0 Å². The van der Waals surface area contributed by atoms with Crippen LogP contribution in [-0.2, 0) is 9.59 Å². The Balaban J connectivity index is 2.06. The molecule has 0 bridgehead atoms. The van der Waals surface area contributed by atoms with Gasteiger partial charge in [0.2, 0.25) is 0 Å². The molecule has 0 aromatic heterocycles. The van der Waals surface area contributed by atoms with E-state index in [2.05, 4.69) is 13.2 Å². The van der Waals surface area contributed by atoms with Gasteiger partial charge < -0.3 is 9.47 Å². The summed E-state index contributed by atoms with van der Waals surface area (Å²) in [5.74, 6) is -1.05. The van der Waals surface area contributed by atoms with Gasteiger partial charge in [-0.1, -0.05) is 19.2 Å². The second-order valence-corrected chi connectivity index (χ2v) is 6.29. The maximum Gasteiger partial charge on any atom is 0.338 e. The van der Waals surface area contributed by atoms with Crippen molar-refractivity contribution in [3.8, 4) is 11.5 Å². The van der Waals surface area contributed by atoms with Crippen molar-refractivity contribution >= 4 is 33.5 Å². The molecule has 0 amide bonds. The number of hydrogen-bond acceptors (Lipinski definition) is 4. The third kappa shape index (κ3) is 3.72. The molecule has 0 atom stereocenters. The van der Waals surface area contributed by atoms with Crippen LogP contribution in [-0.4, -0.2) is 11.9 Å². The molecular weight excluding hydrogens is 347 g/mol. The molecule has 5 heteroatoms. The molecule has 0 fully saturated rings. The number of ether oxygens (including phenoxy) is 2. The number of benzene rings is 3. The lowest BCUT2D eigenvalue weighted by Gasteiger charge is -2.10. The monoisotopic (exact) mass is 364 g/mol. The average molecular weight is 364 g/mol. The van der Waals surface area contributed by atoms with E-state index in [1.54, 1.807) is 37.3 Å². The van der Waals surface area contributed by atoms with E-state index in [1.165, 1.54) is 19.1 Å². The second-order valence-electron chi connectivity index (χ2n) is 6.29. The third-order valence-corrected chi connectivity index (χ3v) is 3.96. The summed E-state index contributed by atoms with van der Waals surface area (Å²) < 4.78 is 25.0. The van der Waals surface area contributed by atoms with Crippen LogP contribution in [0.15, 0.2) is 66.8 Å². The standard InChI is InChI=1S/C22H17FO4/c1-12(2)21(24)26-15-5-7-17-14(9-15)10-20(23)19-11-16(6-8-18(17)19)27-22(25)13(3)4/h5-11H,1,3H2,2,4H3. The summed E-state index contributed by atoms with van der Waals surface area (Å²) in [4.78, 5) is 23.3. The van der Waals surface area contributed by atoms with Crippen LogP contribution in [0.1, 0.15) is 13.8 Å². The minimum absolute atomic E-state index is 0.237. The van der Waals surface area contributed by atoms with Gasteiger partial charge in [0.15, 0.2) is 0 Å². The Hall–Kier alpha value is -3.47. The maximum absolute atomic E-state index is 14.6. The second kappa shape index (κ2) is 7.03. The molecule has 0 heterocycles. The topological polar surface area (TPSA) is 52.6 Å². The first-order valence-corrected chi connectivity index (χ1v) is 8.17. The van der Waals surface area contributed by atoms with Crippen LogP contribution in [0.5, 0.6) is 11.5 Å². The molecule has 4 nitrogen and oxygen atoms in total. The summed E-state index contributed by atoms with van der Waals surface area (Å²) in [5.41, 5.74) is 0.530. The highest BCUT2D eigenvalue weighted by Gasteiger charge is 2.12. The van der Waals surface area contributed by atoms with Gasteiger partial charge in [-0.3, -0.25) is 0 Å². The molecule has 0 aliphatic rings. The summed E-state index contributed by atoms with van der Waals surface area (Å²) >= 11 is 0. The minimum Gasteiger partial charge on any atom is -0.423 e. The minimum atomic E-state index is -0.570. The Labute approximate surface area is 155 Å². The Morgan fingerprint density at radius 1 is 0.778 bits per heavy atom. The summed E-state index contributed by atoms with van der Waals surface area (Å²) in [7, 11) is 0. The van der Waals surface area contributed by atoms with Gasteiger partial charge in [0.05, 0.1) is 0 Å². The van der Waals surface area contributed by atoms with E-state index >= 15 is 0 Å². The molecule has 0 unspecified atom stereocenters. The molecule has 27 heavy (non-hydrogen) atoms. The Bertz CT molecular complexity index is 1130. The average Bonchev–Trinajstić information content (AvgIpc) is 2.61. The first kappa shape index (κ1) is 18.3. The Morgan fingerprint density at radius 3 is 1.85 bits per heavy atom. The van der Waals surface area contributed by atoms with Crippen molar-refractivity contribution in [1.82, 2.24) is 0 Å². The molecule has 0 radical (unpaired) electrons. The fourth-order valence-electron chi connectivity index (χ4n) is 2.59. The number of carbonyl (C=O) groups is 2. The smallest absolute Gasteiger partial charge is 0.338 e. The number of hydrogen-bond donors (Lipinski definition) is 0. The number of carbonyl (C=O) groups excluding carboxylic acids is 2. The Kier molecular flexibility index (Phi) is 4.77. The molecule has 0 aliphatic carbocycles. The van der Waals surface area contributed by atoms with Gasteiger partial charge in [0, 0.05) is 16.5 Å². The molecule has 0 spiro atoms. The lowest BCUT2D eigenvalue weighted by atomic mass is 10.0. The van der Waals surface area contributed by atoms with Crippen molar-refractivity contribution in [1.29, 1.82) is 0 Å². The molecule has 3 aromatic rings. The predicted octanol–water partition coefficient (Wildman–Crippen LogP) is 5.10. The highest BCUT2D eigenvalue weighted by molar-refractivity contribution is 6.08. The number of esters is 2. The van der Waals surface area contributed by atoms with Gasteiger partial charge in [-0.25, -0.2) is 14.0 Å². The molecule has 3 rings (SSSR count). The summed E-state index contributed by atoms with van der Waals surface area (Å²) in [6, 6.07) is 11.1. The van der Waals surface area contributed by atoms with Gasteiger partial charge >= 0.3 is 11.9 Å². The maximum atomic E-state index is 14.6. The molecule has 0 N–H and O–H groups in total. The van der Waals surface area contributed by atoms with Crippen molar-refractivity contribution in [2.75, 3.05) is 0 Å². The molecule has 0 aliphatic heterocycles. The summed E-state index contributed by atoms with van der Waals surface area (Å²) in [6.45, 7) is 10.1. The van der Waals surface area contributed by atoms with Crippen LogP contribution in [0.3, 0.4) is 0 Å². The van der Waals surface area contributed by atoms with E-state index in [1.807, 2.05) is 0 Å². The van der Waals surface area contributed by atoms with E-state index in [9.17, 15) is 14.0 Å². The zero-order valence-electron chi connectivity index (χ0n) is 15.0. The highest BCUT2D eigenvalue weighted by atomic mass is 19.1. The van der Waals surface area contributed by atoms with E-state index in [4.69, 9.17) is 9.47 Å². The molecule has 0 saturated heterocycles. The van der Waals surface area contributed by atoms with Crippen LogP contribution in [0.4, 0.5) is 4.39 Å². The normalized spacial score (nSPS) is 10.6. The number of halogens is 1. The zero-order chi connectivity index (χ0) is 19.7. The SMILES string of the molecule is C=C(C)C(=O)Oc1ccc2c(c1)cc(F)c1cc(OC(=O)C(=C)C)ccc12. The lowest BCUT2D eigenvalue weighted by molar-refractivity contribution is -0.130. The summed E-state index contributed by atoms with van der Waals surface area (Å²) in [5, 5.41) is 2.33. The number of fused-ring (bicyclic) bond motifs is 3. The zero-order valence-corrected chi connectivity index (χ0v) is 15.0. The van der Waals surface area contributed by atoms with Crippen LogP contribution >= 0.6 is 0 Å². The van der Waals surface area contributed by atoms with Crippen molar-refractivity contribution in [2.45, 2.75) is 13.8 Å². The van der Waals surface area contributed by atoms with E-state index in [0.29, 0.717) is 21.9 Å². The van der Waals surface area contributed by atoms with Crippen LogP contribution in [0.25, 0.3) is 21.5 Å². The van der Waals surface area contributed by atoms with Gasteiger partial charge in [0.25, 0.3) is 0 Å². The van der Waals surface area contributed by atoms with Gasteiger partial charge in [0.1, 0.15) is 17.3 Å². The highest BCUT2D eigenvalue weighted by Crippen LogP contribution is 2.33. The molecule has 0 saturated carbocycles. The first-order chi connectivity index (χ1) is 12.8. The fraction of sp³-hybridized carbons (Fsp3) is 0.0909. The molecular formula is C22H17FO4. The molecule has 136 valence electrons. The largest absolute Gasteiger partial charge is 0.423 e. The third-order valence-electron chi connectivity index (χ3n) is 3.96. The first-order valence-electron chi connectivity index (χ1n) is 8.17. The fourth-order valence-corrected chi connectivity index (χ4v) is 2.59. The quantitative estimate of drug-likeness (QED) is 0.280. The van der Waals surface area contributed by atoms with Crippen molar-refractivity contribution < 1.29 is 23.5 Å². The van der Waals surface area contributed by atoms with E-state index < -0.39 is 17.8 Å². The predicted molar refractivity (Wildman–Crippen MR) is 102 cm³/mol. The van der Waals surface area contributed by atoms with Crippen molar-refractivity contribution in [3.05, 3.63) is 72.6 Å². The van der Waals surface area contributed by atoms with Crippen LogP contribution in [0.2, 0.25) is 0 Å². The van der Waals surface area contributed by atoms with Gasteiger partial charge in [-0.05, 0) is 66.4 Å². The van der Waals surface area contributed by atoms with Gasteiger partial charge in [-0.15, -0.1) is 0 Å². The van der Waals surface area contributed by atoms with E-state index in [-0.39, 0.29) is 16.9 Å². The van der Waals surface area contributed by atoms with E-state index in [0.717, 1.165) is 5.39 Å². The Morgan fingerprint density at radius 2 is 1.30 bits per heavy atom. The summed E-state index contributed by atoms with van der Waals surface area (Å²) in [6.07, 6.45) is 0. The van der Waals surface area contributed by atoms with Crippen molar-refractivity contribution in [3.63, 3.8) is 0 Å². The van der Waals surface area contributed by atoms with Crippen LogP contribution in [0, 0.1) is 5.82 Å². The van der Waals surface area contributed by atoms with Gasteiger partial charge in [-0.2, -0.15) is 0 Å². The molecule has 3 aromatic carbocycles. The van der Waals surface area contributed by atoms with Crippen LogP contribution < -0.4 is 9.47 Å².